The Morgan fingerprint density at radius 1 is 1.03 bits per heavy atom. The lowest BCUT2D eigenvalue weighted by atomic mass is 9.86. The zero-order valence-corrected chi connectivity index (χ0v) is 20.9. The van der Waals surface area contributed by atoms with Crippen LogP contribution < -0.4 is 11.2 Å². The average molecular weight is 470 g/mol. The normalized spacial score (nSPS) is 19.3. The highest BCUT2D eigenvalue weighted by Crippen LogP contribution is 2.35. The summed E-state index contributed by atoms with van der Waals surface area (Å²) in [6, 6.07) is 10.8. The molecule has 0 saturated heterocycles. The van der Waals surface area contributed by atoms with Crippen molar-refractivity contribution in [2.75, 3.05) is 13.2 Å². The Hall–Kier alpha value is -2.42. The minimum Gasteiger partial charge on any atom is -0.396 e. The molecule has 178 valence electrons. The Labute approximate surface area is 195 Å². The van der Waals surface area contributed by atoms with E-state index in [4.69, 9.17) is 4.74 Å². The van der Waals surface area contributed by atoms with Crippen molar-refractivity contribution < 1.29 is 9.84 Å². The van der Waals surface area contributed by atoms with Gasteiger partial charge in [-0.15, -0.1) is 0 Å². The maximum atomic E-state index is 13.2. The Morgan fingerprint density at radius 2 is 1.79 bits per heavy atom. The van der Waals surface area contributed by atoms with Crippen molar-refractivity contribution in [3.05, 3.63) is 63.6 Å². The number of hydrogen-bond donors (Lipinski definition) is 1. The molecule has 0 unspecified atom stereocenters. The van der Waals surface area contributed by atoms with Gasteiger partial charge in [0.1, 0.15) is 6.73 Å². The Bertz CT molecular complexity index is 1210. The molecule has 1 N–H and O–H groups in total. The molecule has 0 aliphatic heterocycles. The SMILES string of the molecule is C[Si](C)(C)CCOCn1c(=O)ccn(-c2cccc3c2ccn3C2CCC(CO)CC2)c1=O. The Morgan fingerprint density at radius 3 is 2.48 bits per heavy atom. The Kier molecular flexibility index (Phi) is 7.07. The Balaban J connectivity index is 1.62. The van der Waals surface area contributed by atoms with Gasteiger partial charge in [-0.2, -0.15) is 0 Å². The second-order valence-electron chi connectivity index (χ2n) is 10.4. The molecule has 1 saturated carbocycles. The van der Waals surface area contributed by atoms with E-state index in [-0.39, 0.29) is 24.6 Å². The molecule has 2 aromatic heterocycles. The van der Waals surface area contributed by atoms with Crippen LogP contribution in [0.5, 0.6) is 0 Å². The van der Waals surface area contributed by atoms with Crippen molar-refractivity contribution in [1.82, 2.24) is 13.7 Å². The maximum Gasteiger partial charge on any atom is 0.337 e. The molecule has 0 bridgehead atoms. The first-order valence-electron chi connectivity index (χ1n) is 11.9. The summed E-state index contributed by atoms with van der Waals surface area (Å²) in [4.78, 5) is 25.6. The van der Waals surface area contributed by atoms with E-state index >= 15 is 0 Å². The third-order valence-corrected chi connectivity index (χ3v) is 8.46. The first-order valence-corrected chi connectivity index (χ1v) is 15.6. The maximum absolute atomic E-state index is 13.2. The van der Waals surface area contributed by atoms with Crippen LogP contribution in [0.1, 0.15) is 31.7 Å². The van der Waals surface area contributed by atoms with Gasteiger partial charge in [0.15, 0.2) is 0 Å². The summed E-state index contributed by atoms with van der Waals surface area (Å²) in [6.45, 7) is 7.58. The third kappa shape index (κ3) is 5.23. The fourth-order valence-electron chi connectivity index (χ4n) is 4.66. The number of aromatic nitrogens is 3. The molecule has 1 fully saturated rings. The largest absolute Gasteiger partial charge is 0.396 e. The smallest absolute Gasteiger partial charge is 0.337 e. The number of hydrogen-bond acceptors (Lipinski definition) is 4. The number of ether oxygens (including phenoxy) is 1. The van der Waals surface area contributed by atoms with Gasteiger partial charge in [-0.05, 0) is 55.8 Å². The van der Waals surface area contributed by atoms with E-state index in [1.165, 1.54) is 6.07 Å². The first kappa shape index (κ1) is 23.7. The van der Waals surface area contributed by atoms with Crippen LogP contribution >= 0.6 is 0 Å². The van der Waals surface area contributed by atoms with E-state index in [1.54, 1.807) is 10.8 Å². The zero-order chi connectivity index (χ0) is 23.6. The van der Waals surface area contributed by atoms with Crippen molar-refractivity contribution in [1.29, 1.82) is 0 Å². The number of fused-ring (bicyclic) bond motifs is 1. The van der Waals surface area contributed by atoms with Gasteiger partial charge in [0.25, 0.3) is 5.56 Å². The molecule has 4 rings (SSSR count). The van der Waals surface area contributed by atoms with Gasteiger partial charge < -0.3 is 14.4 Å². The quantitative estimate of drug-likeness (QED) is 0.400. The first-order chi connectivity index (χ1) is 15.8. The van der Waals surface area contributed by atoms with Crippen LogP contribution in [0.15, 0.2) is 52.3 Å². The summed E-state index contributed by atoms with van der Waals surface area (Å²) >= 11 is 0. The van der Waals surface area contributed by atoms with Crippen molar-refractivity contribution in [2.45, 2.75) is 64.1 Å². The standard InChI is InChI=1S/C25H35N3O4Si/c1-33(2,3)16-15-32-18-28-24(30)12-14-27(25(28)31)23-6-4-5-22-21(23)11-13-26(22)20-9-7-19(17-29)8-10-20/h4-6,11-14,19-20,29H,7-10,15-18H2,1-3H3. The van der Waals surface area contributed by atoms with Crippen LogP contribution in [0.3, 0.4) is 0 Å². The van der Waals surface area contributed by atoms with E-state index in [0.717, 1.165) is 52.9 Å². The van der Waals surface area contributed by atoms with Gasteiger partial charge in [0.2, 0.25) is 0 Å². The molecule has 0 atom stereocenters. The molecule has 1 aromatic carbocycles. The van der Waals surface area contributed by atoms with E-state index in [1.807, 2.05) is 12.1 Å². The summed E-state index contributed by atoms with van der Waals surface area (Å²) in [5.41, 5.74) is 1.10. The fourth-order valence-corrected chi connectivity index (χ4v) is 5.42. The third-order valence-electron chi connectivity index (χ3n) is 6.75. The van der Waals surface area contributed by atoms with E-state index in [2.05, 4.69) is 42.5 Å². The average Bonchev–Trinajstić information content (AvgIpc) is 3.22. The fraction of sp³-hybridized carbons (Fsp3) is 0.520. The summed E-state index contributed by atoms with van der Waals surface area (Å²) < 4.78 is 10.7. The van der Waals surface area contributed by atoms with E-state index < -0.39 is 8.07 Å². The van der Waals surface area contributed by atoms with Crippen molar-refractivity contribution in [2.24, 2.45) is 5.92 Å². The monoisotopic (exact) mass is 469 g/mol. The lowest BCUT2D eigenvalue weighted by molar-refractivity contribution is 0.0810. The highest BCUT2D eigenvalue weighted by Gasteiger charge is 2.23. The van der Waals surface area contributed by atoms with E-state index in [0.29, 0.717) is 18.6 Å². The van der Waals surface area contributed by atoms with Gasteiger partial charge in [-0.25, -0.2) is 9.36 Å². The van der Waals surface area contributed by atoms with Crippen molar-refractivity contribution in [3.63, 3.8) is 0 Å². The van der Waals surface area contributed by atoms with E-state index in [9.17, 15) is 14.7 Å². The van der Waals surface area contributed by atoms with Crippen LogP contribution in [0.4, 0.5) is 0 Å². The zero-order valence-electron chi connectivity index (χ0n) is 19.9. The summed E-state index contributed by atoms with van der Waals surface area (Å²) in [5, 5.41) is 10.4. The summed E-state index contributed by atoms with van der Waals surface area (Å²) in [6.07, 6.45) is 7.80. The number of benzene rings is 1. The van der Waals surface area contributed by atoms with Crippen molar-refractivity contribution >= 4 is 19.0 Å². The van der Waals surface area contributed by atoms with Crippen LogP contribution in [0, 0.1) is 5.92 Å². The summed E-state index contributed by atoms with van der Waals surface area (Å²) in [7, 11) is -1.25. The minimum atomic E-state index is -1.25. The van der Waals surface area contributed by atoms with Crippen LogP contribution in [0.25, 0.3) is 16.6 Å². The molecule has 8 heteroatoms. The van der Waals surface area contributed by atoms with Gasteiger partial charge in [0, 0.05) is 51.2 Å². The molecule has 0 spiro atoms. The summed E-state index contributed by atoms with van der Waals surface area (Å²) in [5.74, 6) is 0.409. The number of aliphatic hydroxyl groups excluding tert-OH is 1. The molecule has 0 radical (unpaired) electrons. The highest BCUT2D eigenvalue weighted by atomic mass is 28.3. The molecular formula is C25H35N3O4Si. The molecule has 1 aliphatic rings. The molecule has 33 heavy (non-hydrogen) atoms. The van der Waals surface area contributed by atoms with Gasteiger partial charge in [0.05, 0.1) is 11.2 Å². The molecule has 2 heterocycles. The lowest BCUT2D eigenvalue weighted by Gasteiger charge is -2.29. The van der Waals surface area contributed by atoms with Crippen LogP contribution in [-0.2, 0) is 11.5 Å². The number of nitrogens with zero attached hydrogens (tertiary/aromatic N) is 3. The second-order valence-corrected chi connectivity index (χ2v) is 16.0. The molecular weight excluding hydrogens is 434 g/mol. The molecule has 0 amide bonds. The molecule has 3 aromatic rings. The lowest BCUT2D eigenvalue weighted by Crippen LogP contribution is -2.39. The number of rotatable bonds is 8. The van der Waals surface area contributed by atoms with Gasteiger partial charge in [-0.3, -0.25) is 9.36 Å². The molecule has 1 aliphatic carbocycles. The van der Waals surface area contributed by atoms with Gasteiger partial charge >= 0.3 is 5.69 Å². The topological polar surface area (TPSA) is 78.4 Å². The highest BCUT2D eigenvalue weighted by molar-refractivity contribution is 6.76. The van der Waals surface area contributed by atoms with Gasteiger partial charge in [-0.1, -0.05) is 25.7 Å². The second kappa shape index (κ2) is 9.83. The predicted octanol–water partition coefficient (Wildman–Crippen LogP) is 3.99. The van der Waals surface area contributed by atoms with Crippen LogP contribution in [0.2, 0.25) is 25.7 Å². The number of aliphatic hydroxyl groups is 1. The van der Waals surface area contributed by atoms with Crippen molar-refractivity contribution in [3.8, 4) is 5.69 Å². The molecule has 7 nitrogen and oxygen atoms in total. The predicted molar refractivity (Wildman–Crippen MR) is 134 cm³/mol. The van der Waals surface area contributed by atoms with Crippen LogP contribution in [-0.4, -0.2) is 40.1 Å². The minimum absolute atomic E-state index is 0.0337.